The molecular weight excluding hydrogens is 690 g/mol. The maximum absolute atomic E-state index is 14.1. The fourth-order valence-electron chi connectivity index (χ4n) is 12.3. The lowest BCUT2D eigenvalue weighted by atomic mass is 9.56. The predicted molar refractivity (Wildman–Crippen MR) is 183 cm³/mol. The minimum absolute atomic E-state index is 0.0206. The lowest BCUT2D eigenvalue weighted by Gasteiger charge is -2.61. The third-order valence-electron chi connectivity index (χ3n) is 15.3. The van der Waals surface area contributed by atoms with E-state index in [4.69, 9.17) is 43.2 Å². The first kappa shape index (κ1) is 36.8. The highest BCUT2D eigenvalue weighted by atomic mass is 19.1. The van der Waals surface area contributed by atoms with Crippen LogP contribution in [0.3, 0.4) is 0 Å². The van der Waals surface area contributed by atoms with Crippen LogP contribution in [0.25, 0.3) is 0 Å². The molecule has 11 rings (SSSR count). The number of hydrogen-bond donors (Lipinski definition) is 0. The molecule has 8 aliphatic heterocycles. The second kappa shape index (κ2) is 13.1. The summed E-state index contributed by atoms with van der Waals surface area (Å²) in [7, 11) is 0. The highest BCUT2D eigenvalue weighted by Crippen LogP contribution is 2.63. The zero-order chi connectivity index (χ0) is 37.1. The molecule has 2 unspecified atom stereocenters. The summed E-state index contributed by atoms with van der Waals surface area (Å²) >= 11 is 0. The van der Waals surface area contributed by atoms with Crippen LogP contribution in [-0.4, -0.2) is 60.1 Å². The minimum atomic E-state index is -0.894. The zero-order valence-corrected chi connectivity index (χ0v) is 31.9. The minimum Gasteiger partial charge on any atom is -0.462 e. The molecule has 12 heteroatoms. The molecule has 2 spiro atoms. The van der Waals surface area contributed by atoms with Crippen LogP contribution in [0.2, 0.25) is 0 Å². The van der Waals surface area contributed by atoms with E-state index in [2.05, 4.69) is 27.7 Å². The number of rotatable bonds is 7. The second-order valence-corrected chi connectivity index (χ2v) is 18.5. The summed E-state index contributed by atoms with van der Waals surface area (Å²) < 4.78 is 61.4. The lowest BCUT2D eigenvalue weighted by molar-refractivity contribution is -0.571. The molecule has 2 saturated carbocycles. The molecule has 10 aliphatic rings. The van der Waals surface area contributed by atoms with Gasteiger partial charge in [-0.3, -0.25) is 0 Å². The summed E-state index contributed by atoms with van der Waals surface area (Å²) in [6.45, 7) is 12.9. The van der Waals surface area contributed by atoms with Gasteiger partial charge in [0.1, 0.15) is 11.6 Å². The average molecular weight is 747 g/mol. The van der Waals surface area contributed by atoms with E-state index < -0.39 is 53.0 Å². The molecule has 10 nitrogen and oxygen atoms in total. The van der Waals surface area contributed by atoms with E-state index in [9.17, 15) is 13.6 Å². The molecule has 10 fully saturated rings. The Morgan fingerprint density at radius 1 is 0.698 bits per heavy atom. The highest BCUT2D eigenvalue weighted by molar-refractivity contribution is 5.89. The Labute approximate surface area is 311 Å². The van der Waals surface area contributed by atoms with Crippen molar-refractivity contribution in [2.75, 3.05) is 6.61 Å². The van der Waals surface area contributed by atoms with Crippen LogP contribution >= 0.6 is 0 Å². The first-order chi connectivity index (χ1) is 25.2. The van der Waals surface area contributed by atoms with E-state index in [1.54, 1.807) is 0 Å². The molecule has 4 bridgehead atoms. The van der Waals surface area contributed by atoms with Gasteiger partial charge in [0.25, 0.3) is 0 Å². The van der Waals surface area contributed by atoms with Gasteiger partial charge in [-0.1, -0.05) is 27.7 Å². The summed E-state index contributed by atoms with van der Waals surface area (Å²) in [4.78, 5) is 38.2. The normalized spacial score (nSPS) is 50.3. The van der Waals surface area contributed by atoms with Crippen LogP contribution < -0.4 is 0 Å². The van der Waals surface area contributed by atoms with Crippen molar-refractivity contribution in [1.82, 2.24) is 0 Å². The number of carbonyl (C=O) groups excluding carboxylic acids is 1. The van der Waals surface area contributed by atoms with Crippen molar-refractivity contribution >= 4 is 5.97 Å². The van der Waals surface area contributed by atoms with Gasteiger partial charge in [-0.05, 0) is 119 Å². The van der Waals surface area contributed by atoms with Gasteiger partial charge in [-0.15, -0.1) is 0 Å². The smallest absolute Gasteiger partial charge is 0.338 e. The SMILES string of the molecule is C[C@H]1[C@@H](CC(COC(=O)c2cc(F)cc(F)c2)C[C@H]2O[C@@H]3OC4(C)CC[C@H]5[C@H](C)CC[C@@H]([C@H]2C)[C@@]35OO4)O[C@@H]2OC3(C)CC[C@H]4[C@H](C)CC[C@@H]1[C@@]24OO3. The third kappa shape index (κ3) is 5.86. The molecule has 2 aliphatic carbocycles. The third-order valence-corrected chi connectivity index (χ3v) is 15.3. The summed E-state index contributed by atoms with van der Waals surface area (Å²) in [5, 5.41) is 0. The largest absolute Gasteiger partial charge is 0.462 e. The summed E-state index contributed by atoms with van der Waals surface area (Å²) in [5.74, 6) is -2.59. The van der Waals surface area contributed by atoms with Gasteiger partial charge in [-0.25, -0.2) is 33.1 Å². The van der Waals surface area contributed by atoms with Crippen molar-refractivity contribution in [3.63, 3.8) is 0 Å². The molecule has 1 aromatic carbocycles. The molecule has 294 valence electrons. The predicted octanol–water partition coefficient (Wildman–Crippen LogP) is 8.02. The van der Waals surface area contributed by atoms with E-state index in [0.717, 1.165) is 69.6 Å². The van der Waals surface area contributed by atoms with E-state index >= 15 is 0 Å². The monoisotopic (exact) mass is 746 g/mol. The van der Waals surface area contributed by atoms with E-state index in [1.807, 2.05) is 13.8 Å². The van der Waals surface area contributed by atoms with Crippen LogP contribution in [0.5, 0.6) is 0 Å². The van der Waals surface area contributed by atoms with Gasteiger partial charge in [-0.2, -0.15) is 0 Å². The molecule has 0 N–H and O–H groups in total. The first-order valence-corrected chi connectivity index (χ1v) is 20.3. The van der Waals surface area contributed by atoms with Crippen molar-refractivity contribution < 1.29 is 56.8 Å². The van der Waals surface area contributed by atoms with Crippen molar-refractivity contribution in [3.05, 3.63) is 35.4 Å². The van der Waals surface area contributed by atoms with Gasteiger partial charge in [0.2, 0.25) is 11.6 Å². The molecule has 1 aromatic rings. The maximum Gasteiger partial charge on any atom is 0.338 e. The van der Waals surface area contributed by atoms with Gasteiger partial charge in [0.05, 0.1) is 24.4 Å². The van der Waals surface area contributed by atoms with Crippen molar-refractivity contribution in [2.45, 2.75) is 153 Å². The summed E-state index contributed by atoms with van der Waals surface area (Å²) in [5.41, 5.74) is -1.54. The van der Waals surface area contributed by atoms with Crippen LogP contribution in [0.15, 0.2) is 18.2 Å². The van der Waals surface area contributed by atoms with Gasteiger partial charge in [0, 0.05) is 30.7 Å². The topological polar surface area (TPSA) is 100 Å². The Balaban J connectivity index is 1.00. The van der Waals surface area contributed by atoms with Crippen molar-refractivity contribution in [2.24, 2.45) is 53.3 Å². The molecule has 0 aromatic heterocycles. The number of fused-ring (bicyclic) bond motifs is 4. The zero-order valence-electron chi connectivity index (χ0n) is 31.9. The quantitative estimate of drug-likeness (QED) is 0.202. The first-order valence-electron chi connectivity index (χ1n) is 20.3. The van der Waals surface area contributed by atoms with Gasteiger partial charge < -0.3 is 23.7 Å². The van der Waals surface area contributed by atoms with E-state index in [-0.39, 0.29) is 65.8 Å². The number of ether oxygens (including phenoxy) is 5. The molecule has 8 saturated heterocycles. The van der Waals surface area contributed by atoms with Gasteiger partial charge in [0.15, 0.2) is 23.8 Å². The fraction of sp³-hybridized carbons (Fsp3) is 0.829. The number of hydrogen-bond acceptors (Lipinski definition) is 10. The number of esters is 1. The maximum atomic E-state index is 14.1. The van der Waals surface area contributed by atoms with Crippen LogP contribution in [0.1, 0.15) is 116 Å². The van der Waals surface area contributed by atoms with E-state index in [0.29, 0.717) is 24.7 Å². The molecule has 0 amide bonds. The average Bonchev–Trinajstić information content (AvgIpc) is 3.49. The Morgan fingerprint density at radius 3 is 1.64 bits per heavy atom. The van der Waals surface area contributed by atoms with Crippen molar-refractivity contribution in [3.8, 4) is 0 Å². The van der Waals surface area contributed by atoms with Crippen LogP contribution in [0, 0.1) is 64.9 Å². The summed E-state index contributed by atoms with van der Waals surface area (Å²) in [6, 6.07) is 2.74. The second-order valence-electron chi connectivity index (χ2n) is 18.5. The molecule has 53 heavy (non-hydrogen) atoms. The molecular formula is C41H56F2O10. The fourth-order valence-corrected chi connectivity index (χ4v) is 12.3. The van der Waals surface area contributed by atoms with Crippen LogP contribution in [0.4, 0.5) is 8.78 Å². The molecule has 0 radical (unpaired) electrons. The number of halogens is 2. The molecule has 16 atom stereocenters. The standard InChI is InChI=1S/C41H56F2O10/c1-21-7-9-31-23(3)33(46-36-40(31)29(21)11-13-38(5,48-36)50-52-40)15-25(20-45-35(44)26-17-27(42)19-28(43)18-26)16-34-24(4)32-10-8-22(2)30-12-14-39(6)49-37(47-34)41(30,32)53-51-39/h17-19,21-25,29-34,36-37H,7-16,20H2,1-6H3/t21-,22-,23-,24-,25?,29+,30+,31+,32+,33-,34-,36-,37-,38?,39?,40-,41-/m1/s1. The lowest BCUT2D eigenvalue weighted by Crippen LogP contribution is -2.70. The van der Waals surface area contributed by atoms with Crippen molar-refractivity contribution in [1.29, 1.82) is 0 Å². The highest BCUT2D eigenvalue weighted by Gasteiger charge is 2.71. The Kier molecular flexibility index (Phi) is 9.14. The molecule has 8 heterocycles. The van der Waals surface area contributed by atoms with Gasteiger partial charge >= 0.3 is 5.97 Å². The van der Waals surface area contributed by atoms with E-state index in [1.165, 1.54) is 0 Å². The number of carbonyl (C=O) groups is 1. The number of benzene rings is 1. The Bertz CT molecular complexity index is 1480. The Hall–Kier alpha value is -1.77. The summed E-state index contributed by atoms with van der Waals surface area (Å²) in [6.07, 6.45) is 6.91. The van der Waals surface area contributed by atoms with Crippen LogP contribution in [-0.2, 0) is 43.2 Å². The Morgan fingerprint density at radius 2 is 1.17 bits per heavy atom.